The van der Waals surface area contributed by atoms with E-state index in [1.165, 1.54) is 29.7 Å². The summed E-state index contributed by atoms with van der Waals surface area (Å²) in [4.78, 5) is 48.3. The number of rotatable bonds is 3. The molecule has 0 radical (unpaired) electrons. The smallest absolute Gasteiger partial charge is 0.227 e. The Morgan fingerprint density at radius 2 is 1.49 bits per heavy atom. The van der Waals surface area contributed by atoms with E-state index in [1.54, 1.807) is 24.9 Å². The number of benzene rings is 2. The van der Waals surface area contributed by atoms with Crippen LogP contribution in [0.3, 0.4) is 0 Å². The summed E-state index contributed by atoms with van der Waals surface area (Å²) >= 11 is 0. The molecule has 2 aromatic carbocycles. The van der Waals surface area contributed by atoms with Crippen molar-refractivity contribution >= 4 is 45.3 Å². The third-order valence-electron chi connectivity index (χ3n) is 9.21. The van der Waals surface area contributed by atoms with Gasteiger partial charge in [0.15, 0.2) is 0 Å². The highest BCUT2D eigenvalue weighted by atomic mass is 16.2. The van der Waals surface area contributed by atoms with Crippen molar-refractivity contribution in [3.8, 4) is 0 Å². The minimum atomic E-state index is -0.0467. The standard InChI is InChI=1S/C17H19N3O2.C17H21N3O/c1-12(21)20-10-7-14(8-11-20)17(22)19-15-6-2-4-13-5-3-9-18-16(13)15;1-12(21)19-10-7-14(8-11-19)17-18-15-6-2-4-13-5-3-9-20(17)16(13)15/h2-6,9,14H,7-8,10-11H2,1H3,(H,19,22);2,4,6,14H,3,5,7-11H2,1H3. The molecule has 3 amide bonds. The monoisotopic (exact) mass is 580 g/mol. The Morgan fingerprint density at radius 1 is 0.814 bits per heavy atom. The summed E-state index contributed by atoms with van der Waals surface area (Å²) in [5.74, 6) is 2.00. The number of fused-ring (bicyclic) bond motifs is 1. The maximum atomic E-state index is 12.4. The van der Waals surface area contributed by atoms with Gasteiger partial charge in [0.25, 0.3) is 0 Å². The van der Waals surface area contributed by atoms with Crippen LogP contribution in [0, 0.1) is 5.92 Å². The molecule has 3 aliphatic heterocycles. The molecule has 2 saturated heterocycles. The fourth-order valence-electron chi connectivity index (χ4n) is 6.79. The second kappa shape index (κ2) is 12.5. The van der Waals surface area contributed by atoms with E-state index in [9.17, 15) is 14.4 Å². The first kappa shape index (κ1) is 28.8. The predicted molar refractivity (Wildman–Crippen MR) is 168 cm³/mol. The molecule has 0 bridgehead atoms. The van der Waals surface area contributed by atoms with Crippen molar-refractivity contribution in [2.24, 2.45) is 5.92 Å². The molecule has 0 aliphatic carbocycles. The lowest BCUT2D eigenvalue weighted by atomic mass is 9.95. The maximum absolute atomic E-state index is 12.4. The van der Waals surface area contributed by atoms with Crippen LogP contribution in [-0.2, 0) is 27.3 Å². The number of para-hydroxylation sites is 2. The first-order valence-corrected chi connectivity index (χ1v) is 15.5. The van der Waals surface area contributed by atoms with Gasteiger partial charge in [-0.1, -0.05) is 30.3 Å². The van der Waals surface area contributed by atoms with Gasteiger partial charge in [-0.25, -0.2) is 4.98 Å². The first-order valence-electron chi connectivity index (χ1n) is 15.5. The average Bonchev–Trinajstić information content (AvgIpc) is 3.42. The highest BCUT2D eigenvalue weighted by Crippen LogP contribution is 2.34. The summed E-state index contributed by atoms with van der Waals surface area (Å²) in [6, 6.07) is 16.1. The zero-order chi connectivity index (χ0) is 29.9. The first-order chi connectivity index (χ1) is 20.9. The number of pyridine rings is 1. The van der Waals surface area contributed by atoms with E-state index in [2.05, 4.69) is 33.1 Å². The van der Waals surface area contributed by atoms with E-state index >= 15 is 0 Å². The van der Waals surface area contributed by atoms with Crippen LogP contribution in [0.15, 0.2) is 54.7 Å². The van der Waals surface area contributed by atoms with Gasteiger partial charge in [0.2, 0.25) is 17.7 Å². The highest BCUT2D eigenvalue weighted by molar-refractivity contribution is 6.01. The van der Waals surface area contributed by atoms with Crippen LogP contribution in [0.1, 0.15) is 63.3 Å². The molecule has 3 aliphatic rings. The van der Waals surface area contributed by atoms with Gasteiger partial charge in [-0.05, 0) is 62.3 Å². The highest BCUT2D eigenvalue weighted by Gasteiger charge is 2.28. The minimum Gasteiger partial charge on any atom is -0.343 e. The summed E-state index contributed by atoms with van der Waals surface area (Å²) in [6.45, 7) is 7.38. The molecule has 2 fully saturated rings. The van der Waals surface area contributed by atoms with E-state index in [1.807, 2.05) is 35.2 Å². The summed E-state index contributed by atoms with van der Waals surface area (Å²) in [7, 11) is 0. The number of nitrogens with one attached hydrogen (secondary N) is 1. The summed E-state index contributed by atoms with van der Waals surface area (Å²) < 4.78 is 2.45. The Balaban J connectivity index is 0.000000153. The second-order valence-electron chi connectivity index (χ2n) is 11.9. The number of carbonyl (C=O) groups excluding carboxylic acids is 3. The van der Waals surface area contributed by atoms with Crippen molar-refractivity contribution in [3.05, 3.63) is 66.1 Å². The lowest BCUT2D eigenvalue weighted by molar-refractivity contribution is -0.132. The SMILES string of the molecule is CC(=O)N1CCC(C(=O)Nc2cccc3cccnc23)CC1.CC(=O)N1CCC(c2nc3cccc4c3n2CCC4)CC1. The minimum absolute atomic E-state index is 0.0151. The number of hydrogen-bond acceptors (Lipinski definition) is 5. The summed E-state index contributed by atoms with van der Waals surface area (Å²) in [5.41, 5.74) is 5.50. The van der Waals surface area contributed by atoms with E-state index < -0.39 is 0 Å². The number of aryl methyl sites for hydroxylation is 2. The van der Waals surface area contributed by atoms with Crippen LogP contribution in [0.5, 0.6) is 0 Å². The van der Waals surface area contributed by atoms with Crippen LogP contribution in [0.2, 0.25) is 0 Å². The van der Waals surface area contributed by atoms with Gasteiger partial charge in [-0.15, -0.1) is 0 Å². The number of piperidine rings is 2. The van der Waals surface area contributed by atoms with Gasteiger partial charge in [-0.2, -0.15) is 0 Å². The molecule has 0 unspecified atom stereocenters. The molecule has 43 heavy (non-hydrogen) atoms. The number of amides is 3. The van der Waals surface area contributed by atoms with Crippen molar-refractivity contribution in [3.63, 3.8) is 0 Å². The molecule has 224 valence electrons. The molecule has 0 atom stereocenters. The third kappa shape index (κ3) is 6.12. The molecular formula is C34H40N6O3. The molecule has 0 spiro atoms. The van der Waals surface area contributed by atoms with Gasteiger partial charge in [-0.3, -0.25) is 19.4 Å². The molecule has 9 heteroatoms. The zero-order valence-electron chi connectivity index (χ0n) is 25.1. The maximum Gasteiger partial charge on any atom is 0.227 e. The van der Waals surface area contributed by atoms with E-state index in [0.29, 0.717) is 31.8 Å². The Labute approximate surface area is 252 Å². The van der Waals surface area contributed by atoms with E-state index in [0.717, 1.165) is 54.6 Å². The summed E-state index contributed by atoms with van der Waals surface area (Å²) in [6.07, 6.45) is 7.61. The predicted octanol–water partition coefficient (Wildman–Crippen LogP) is 5.14. The van der Waals surface area contributed by atoms with Crippen molar-refractivity contribution in [1.29, 1.82) is 0 Å². The molecule has 0 saturated carbocycles. The number of anilines is 1. The number of hydrogen-bond donors (Lipinski definition) is 1. The summed E-state index contributed by atoms with van der Waals surface area (Å²) in [5, 5.41) is 4.00. The van der Waals surface area contributed by atoms with Crippen molar-refractivity contribution in [2.75, 3.05) is 31.5 Å². The molecular weight excluding hydrogens is 540 g/mol. The Morgan fingerprint density at radius 3 is 2.21 bits per heavy atom. The van der Waals surface area contributed by atoms with Crippen LogP contribution >= 0.6 is 0 Å². The van der Waals surface area contributed by atoms with Gasteiger partial charge in [0.05, 0.1) is 22.2 Å². The van der Waals surface area contributed by atoms with Crippen LogP contribution < -0.4 is 5.32 Å². The fraction of sp³-hybridized carbons (Fsp3) is 0.441. The van der Waals surface area contributed by atoms with Gasteiger partial charge in [0, 0.05) is 70.0 Å². The number of nitrogens with zero attached hydrogens (tertiary/aromatic N) is 5. The Kier molecular flexibility index (Phi) is 8.40. The third-order valence-corrected chi connectivity index (χ3v) is 9.21. The molecule has 4 aromatic rings. The second-order valence-corrected chi connectivity index (χ2v) is 11.9. The molecule has 5 heterocycles. The average molecular weight is 581 g/mol. The van der Waals surface area contributed by atoms with Crippen LogP contribution in [-0.4, -0.2) is 68.2 Å². The van der Waals surface area contributed by atoms with Crippen molar-refractivity contribution in [1.82, 2.24) is 24.3 Å². The zero-order valence-corrected chi connectivity index (χ0v) is 25.1. The molecule has 1 N–H and O–H groups in total. The van der Waals surface area contributed by atoms with Gasteiger partial charge >= 0.3 is 0 Å². The number of imidazole rings is 1. The Bertz CT molecular complexity index is 1640. The van der Waals surface area contributed by atoms with Crippen LogP contribution in [0.25, 0.3) is 21.9 Å². The van der Waals surface area contributed by atoms with E-state index in [-0.39, 0.29) is 23.6 Å². The lowest BCUT2D eigenvalue weighted by Gasteiger charge is -2.31. The molecule has 7 rings (SSSR count). The van der Waals surface area contributed by atoms with Crippen molar-refractivity contribution < 1.29 is 14.4 Å². The number of likely N-dealkylation sites (tertiary alicyclic amines) is 2. The number of carbonyl (C=O) groups is 3. The van der Waals surface area contributed by atoms with Gasteiger partial charge < -0.3 is 19.7 Å². The topological polar surface area (TPSA) is 100 Å². The fourth-order valence-corrected chi connectivity index (χ4v) is 6.79. The van der Waals surface area contributed by atoms with E-state index in [4.69, 9.17) is 4.98 Å². The van der Waals surface area contributed by atoms with Crippen LogP contribution in [0.4, 0.5) is 5.69 Å². The lowest BCUT2D eigenvalue weighted by Crippen LogP contribution is -2.40. The molecule has 9 nitrogen and oxygen atoms in total. The normalized spacial score (nSPS) is 17.4. The van der Waals surface area contributed by atoms with Gasteiger partial charge in [0.1, 0.15) is 5.82 Å². The molecule has 2 aromatic heterocycles. The Hall–Kier alpha value is -4.27. The largest absolute Gasteiger partial charge is 0.343 e. The quantitative estimate of drug-likeness (QED) is 0.362. The number of aromatic nitrogens is 3. The van der Waals surface area contributed by atoms with Crippen molar-refractivity contribution in [2.45, 2.75) is 64.8 Å².